The molecule has 0 aliphatic carbocycles. The van der Waals surface area contributed by atoms with Crippen LogP contribution in [0, 0.1) is 21.7 Å². The van der Waals surface area contributed by atoms with Gasteiger partial charge in [-0.25, -0.2) is 9.18 Å². The number of benzene rings is 1. The molecule has 17 heavy (non-hydrogen) atoms. The number of carbonyl (C=O) groups excluding carboxylic acids is 1. The Bertz CT molecular complexity index is 492. The van der Waals surface area contributed by atoms with Crippen molar-refractivity contribution in [2.45, 2.75) is 6.92 Å². The Kier molecular flexibility index (Phi) is 3.95. The van der Waals surface area contributed by atoms with Gasteiger partial charge in [0.15, 0.2) is 5.82 Å². The van der Waals surface area contributed by atoms with Crippen LogP contribution >= 0.6 is 11.6 Å². The standard InChI is InChI=1S/C9H6ClF2NO4/c1-2-17-9(14)4-3-5(11)7(12)8(6(4)10)13(15)16/h3H,2H2,1H3. The van der Waals surface area contributed by atoms with Crippen LogP contribution in [-0.4, -0.2) is 17.5 Å². The Hall–Kier alpha value is -1.76. The number of hydrogen-bond acceptors (Lipinski definition) is 4. The molecule has 8 heteroatoms. The zero-order valence-corrected chi connectivity index (χ0v) is 9.25. The third-order valence-corrected chi connectivity index (χ3v) is 2.19. The smallest absolute Gasteiger partial charge is 0.340 e. The Morgan fingerprint density at radius 1 is 1.59 bits per heavy atom. The van der Waals surface area contributed by atoms with Crippen molar-refractivity contribution in [1.82, 2.24) is 0 Å². The summed E-state index contributed by atoms with van der Waals surface area (Å²) in [4.78, 5) is 20.6. The Balaban J connectivity index is 3.44. The van der Waals surface area contributed by atoms with E-state index in [0.717, 1.165) is 0 Å². The minimum atomic E-state index is -1.71. The highest BCUT2D eigenvalue weighted by molar-refractivity contribution is 6.35. The summed E-state index contributed by atoms with van der Waals surface area (Å²) >= 11 is 5.46. The Morgan fingerprint density at radius 3 is 2.65 bits per heavy atom. The first-order valence-corrected chi connectivity index (χ1v) is 4.77. The van der Waals surface area contributed by atoms with Crippen molar-refractivity contribution in [1.29, 1.82) is 0 Å². The average molecular weight is 266 g/mol. The van der Waals surface area contributed by atoms with Crippen molar-refractivity contribution in [3.8, 4) is 0 Å². The van der Waals surface area contributed by atoms with E-state index in [9.17, 15) is 23.7 Å². The minimum absolute atomic E-state index is 0.0258. The predicted molar refractivity (Wildman–Crippen MR) is 54.0 cm³/mol. The monoisotopic (exact) mass is 265 g/mol. The highest BCUT2D eigenvalue weighted by Crippen LogP contribution is 2.33. The Labute approximate surface area is 99.1 Å². The molecular formula is C9H6ClF2NO4. The molecule has 0 saturated carbocycles. The number of rotatable bonds is 3. The number of carbonyl (C=O) groups is 1. The highest BCUT2D eigenvalue weighted by Gasteiger charge is 2.29. The summed E-state index contributed by atoms with van der Waals surface area (Å²) in [6.45, 7) is 1.46. The molecule has 0 radical (unpaired) electrons. The molecule has 0 aliphatic rings. The van der Waals surface area contributed by atoms with Gasteiger partial charge in [0.25, 0.3) is 0 Å². The average Bonchev–Trinajstić information content (AvgIpc) is 2.23. The fourth-order valence-electron chi connectivity index (χ4n) is 1.11. The minimum Gasteiger partial charge on any atom is -0.462 e. The predicted octanol–water partition coefficient (Wildman–Crippen LogP) is 2.70. The van der Waals surface area contributed by atoms with Crippen LogP contribution in [0.25, 0.3) is 0 Å². The van der Waals surface area contributed by atoms with E-state index in [-0.39, 0.29) is 6.61 Å². The summed E-state index contributed by atoms with van der Waals surface area (Å²) in [6.07, 6.45) is 0. The zero-order valence-electron chi connectivity index (χ0n) is 8.50. The molecule has 5 nitrogen and oxygen atoms in total. The molecule has 0 N–H and O–H groups in total. The van der Waals surface area contributed by atoms with E-state index in [1.165, 1.54) is 6.92 Å². The molecule has 0 aromatic heterocycles. The van der Waals surface area contributed by atoms with Crippen LogP contribution in [-0.2, 0) is 4.74 Å². The van der Waals surface area contributed by atoms with Crippen molar-refractivity contribution in [2.75, 3.05) is 6.61 Å². The van der Waals surface area contributed by atoms with Crippen LogP contribution in [0.1, 0.15) is 17.3 Å². The molecule has 0 amide bonds. The van der Waals surface area contributed by atoms with Gasteiger partial charge in [0.1, 0.15) is 5.02 Å². The first-order chi connectivity index (χ1) is 7.90. The largest absolute Gasteiger partial charge is 0.462 e. The van der Waals surface area contributed by atoms with Crippen molar-refractivity contribution < 1.29 is 23.2 Å². The lowest BCUT2D eigenvalue weighted by Gasteiger charge is -2.05. The third-order valence-electron chi connectivity index (χ3n) is 1.81. The molecule has 0 bridgehead atoms. The van der Waals surface area contributed by atoms with Gasteiger partial charge in [-0.1, -0.05) is 11.6 Å². The maximum atomic E-state index is 13.1. The molecule has 0 aliphatic heterocycles. The van der Waals surface area contributed by atoms with Gasteiger partial charge >= 0.3 is 11.7 Å². The van der Waals surface area contributed by atoms with Crippen LogP contribution in [0.5, 0.6) is 0 Å². The molecular weight excluding hydrogens is 260 g/mol. The van der Waals surface area contributed by atoms with E-state index < -0.39 is 38.8 Å². The summed E-state index contributed by atoms with van der Waals surface area (Å²) in [5.74, 6) is -4.31. The topological polar surface area (TPSA) is 69.4 Å². The summed E-state index contributed by atoms with van der Waals surface area (Å²) in [5, 5.41) is 9.70. The molecule has 92 valence electrons. The molecule has 1 aromatic carbocycles. The molecule has 0 saturated heterocycles. The van der Waals surface area contributed by atoms with E-state index in [1.807, 2.05) is 0 Å². The van der Waals surface area contributed by atoms with Crippen molar-refractivity contribution >= 4 is 23.3 Å². The molecule has 0 unspecified atom stereocenters. The van der Waals surface area contributed by atoms with Crippen molar-refractivity contribution in [3.05, 3.63) is 38.4 Å². The molecule has 0 heterocycles. The van der Waals surface area contributed by atoms with Gasteiger partial charge in [-0.05, 0) is 13.0 Å². The van der Waals surface area contributed by atoms with Gasteiger partial charge in [-0.3, -0.25) is 10.1 Å². The zero-order chi connectivity index (χ0) is 13.2. The quantitative estimate of drug-likeness (QED) is 0.365. The molecule has 1 aromatic rings. The lowest BCUT2D eigenvalue weighted by molar-refractivity contribution is -0.387. The number of hydrogen-bond donors (Lipinski definition) is 0. The van der Waals surface area contributed by atoms with Gasteiger partial charge in [0, 0.05) is 0 Å². The van der Waals surface area contributed by atoms with Crippen LogP contribution in [0.3, 0.4) is 0 Å². The second-order valence-corrected chi connectivity index (χ2v) is 3.24. The fraction of sp³-hybridized carbons (Fsp3) is 0.222. The summed E-state index contributed by atoms with van der Waals surface area (Å²) in [7, 11) is 0. The summed E-state index contributed by atoms with van der Waals surface area (Å²) < 4.78 is 30.6. The van der Waals surface area contributed by atoms with Gasteiger partial charge in [0.05, 0.1) is 17.1 Å². The molecule has 0 atom stereocenters. The van der Waals surface area contributed by atoms with E-state index in [2.05, 4.69) is 4.74 Å². The number of esters is 1. The third kappa shape index (κ3) is 2.50. The lowest BCUT2D eigenvalue weighted by atomic mass is 10.2. The normalized spacial score (nSPS) is 10.1. The van der Waals surface area contributed by atoms with E-state index in [4.69, 9.17) is 11.6 Å². The van der Waals surface area contributed by atoms with Crippen LogP contribution in [0.2, 0.25) is 5.02 Å². The second kappa shape index (κ2) is 5.05. The van der Waals surface area contributed by atoms with Crippen LogP contribution in [0.4, 0.5) is 14.5 Å². The highest BCUT2D eigenvalue weighted by atomic mass is 35.5. The van der Waals surface area contributed by atoms with E-state index in [1.54, 1.807) is 0 Å². The second-order valence-electron chi connectivity index (χ2n) is 2.86. The first kappa shape index (κ1) is 13.3. The summed E-state index contributed by atoms with van der Waals surface area (Å²) in [6, 6.07) is 0.461. The van der Waals surface area contributed by atoms with Gasteiger partial charge in [-0.2, -0.15) is 4.39 Å². The molecule has 0 fully saturated rings. The fourth-order valence-corrected chi connectivity index (χ4v) is 1.39. The van der Waals surface area contributed by atoms with Crippen molar-refractivity contribution in [3.63, 3.8) is 0 Å². The number of halogens is 3. The van der Waals surface area contributed by atoms with Crippen LogP contribution in [0.15, 0.2) is 6.07 Å². The lowest BCUT2D eigenvalue weighted by Crippen LogP contribution is -2.09. The number of nitro groups is 1. The SMILES string of the molecule is CCOC(=O)c1cc(F)c(F)c([N+](=O)[O-])c1Cl. The van der Waals surface area contributed by atoms with Gasteiger partial charge in [0.2, 0.25) is 5.82 Å². The number of nitro benzene ring substituents is 1. The maximum absolute atomic E-state index is 13.1. The molecule has 1 rings (SSSR count). The molecule has 0 spiro atoms. The number of ether oxygens (including phenoxy) is 1. The van der Waals surface area contributed by atoms with E-state index in [0.29, 0.717) is 6.07 Å². The van der Waals surface area contributed by atoms with Crippen molar-refractivity contribution in [2.24, 2.45) is 0 Å². The number of nitrogens with zero attached hydrogens (tertiary/aromatic N) is 1. The van der Waals surface area contributed by atoms with Gasteiger partial charge < -0.3 is 4.74 Å². The first-order valence-electron chi connectivity index (χ1n) is 4.39. The summed E-state index contributed by atoms with van der Waals surface area (Å²) in [5.41, 5.74) is -1.87. The van der Waals surface area contributed by atoms with Gasteiger partial charge in [-0.15, -0.1) is 0 Å². The maximum Gasteiger partial charge on any atom is 0.340 e. The van der Waals surface area contributed by atoms with E-state index >= 15 is 0 Å². The Morgan fingerprint density at radius 2 is 2.18 bits per heavy atom. The van der Waals surface area contributed by atoms with Crippen LogP contribution < -0.4 is 0 Å².